The summed E-state index contributed by atoms with van der Waals surface area (Å²) in [6.45, 7) is 2.54. The number of nitrogens with zero attached hydrogens (tertiary/aromatic N) is 2. The lowest BCUT2D eigenvalue weighted by Gasteiger charge is -2.02. The molecule has 0 fully saturated rings. The Morgan fingerprint density at radius 3 is 3.00 bits per heavy atom. The third kappa shape index (κ3) is 2.70. The van der Waals surface area contributed by atoms with Crippen molar-refractivity contribution in [3.05, 3.63) is 36.4 Å². The number of benzene rings is 1. The van der Waals surface area contributed by atoms with Gasteiger partial charge in [0.25, 0.3) is 0 Å². The minimum atomic E-state index is 0.602. The summed E-state index contributed by atoms with van der Waals surface area (Å²) in [4.78, 5) is 12.1. The predicted molar refractivity (Wildman–Crippen MR) is 80.0 cm³/mol. The number of H-pyrrole nitrogens is 1. The molecule has 0 saturated carbocycles. The maximum atomic E-state index is 5.76. The molecule has 0 aliphatic heterocycles. The van der Waals surface area contributed by atoms with Gasteiger partial charge in [0.2, 0.25) is 5.88 Å². The number of nitrogens with two attached hydrogens (primary N) is 1. The lowest BCUT2D eigenvalue weighted by Crippen LogP contribution is -1.94. The molecule has 1 aromatic carbocycles. The number of imidazole rings is 1. The summed E-state index contributed by atoms with van der Waals surface area (Å²) in [5.74, 6) is 0.623. The standard InChI is InChI=1S/C14H14N4OS/c1-2-19-12-4-3-5-13(18-12)20-14-16-10-7-6-9(15)8-11(10)17-14/h3-8H,2,15H2,1H3,(H,16,17). The first-order valence-corrected chi connectivity index (χ1v) is 7.09. The van der Waals surface area contributed by atoms with E-state index in [1.165, 1.54) is 11.8 Å². The number of pyridine rings is 1. The Bertz CT molecular complexity index is 741. The molecule has 2 aromatic heterocycles. The summed E-state index contributed by atoms with van der Waals surface area (Å²) in [5, 5.41) is 1.62. The van der Waals surface area contributed by atoms with Crippen molar-refractivity contribution in [1.82, 2.24) is 15.0 Å². The van der Waals surface area contributed by atoms with Crippen molar-refractivity contribution >= 4 is 28.5 Å². The highest BCUT2D eigenvalue weighted by Crippen LogP contribution is 2.27. The molecule has 20 heavy (non-hydrogen) atoms. The molecular weight excluding hydrogens is 272 g/mol. The van der Waals surface area contributed by atoms with Crippen LogP contribution in [0.1, 0.15) is 6.92 Å². The number of ether oxygens (including phenoxy) is 1. The molecule has 0 radical (unpaired) electrons. The second-order valence-electron chi connectivity index (χ2n) is 4.17. The summed E-state index contributed by atoms with van der Waals surface area (Å²) in [6.07, 6.45) is 0. The highest BCUT2D eigenvalue weighted by Gasteiger charge is 2.06. The second kappa shape index (κ2) is 5.42. The van der Waals surface area contributed by atoms with Gasteiger partial charge in [0.05, 0.1) is 17.6 Å². The van der Waals surface area contributed by atoms with Gasteiger partial charge in [-0.3, -0.25) is 0 Å². The minimum absolute atomic E-state index is 0.602. The number of anilines is 1. The van der Waals surface area contributed by atoms with E-state index in [1.807, 2.05) is 43.3 Å². The molecule has 3 rings (SSSR count). The highest BCUT2D eigenvalue weighted by molar-refractivity contribution is 7.99. The number of hydrogen-bond donors (Lipinski definition) is 2. The number of nitrogens with one attached hydrogen (secondary N) is 1. The minimum Gasteiger partial charge on any atom is -0.478 e. The van der Waals surface area contributed by atoms with Gasteiger partial charge in [-0.05, 0) is 43.0 Å². The van der Waals surface area contributed by atoms with Crippen molar-refractivity contribution in [2.75, 3.05) is 12.3 Å². The SMILES string of the molecule is CCOc1cccc(Sc2nc3ccc(N)cc3[nH]2)n1. The summed E-state index contributed by atoms with van der Waals surface area (Å²) in [7, 11) is 0. The first kappa shape index (κ1) is 12.8. The third-order valence-corrected chi connectivity index (χ3v) is 3.50. The lowest BCUT2D eigenvalue weighted by molar-refractivity contribution is 0.324. The Morgan fingerprint density at radius 1 is 1.25 bits per heavy atom. The lowest BCUT2D eigenvalue weighted by atomic mass is 10.3. The van der Waals surface area contributed by atoms with Gasteiger partial charge in [0, 0.05) is 11.8 Å². The van der Waals surface area contributed by atoms with Crippen LogP contribution in [0, 0.1) is 0 Å². The molecule has 0 aliphatic rings. The Labute approximate surface area is 120 Å². The molecule has 0 unspecified atom stereocenters. The van der Waals surface area contributed by atoms with Crippen molar-refractivity contribution in [1.29, 1.82) is 0 Å². The van der Waals surface area contributed by atoms with E-state index in [2.05, 4.69) is 15.0 Å². The fourth-order valence-corrected chi connectivity index (χ4v) is 2.62. The van der Waals surface area contributed by atoms with Gasteiger partial charge in [-0.25, -0.2) is 9.97 Å². The molecule has 102 valence electrons. The van der Waals surface area contributed by atoms with E-state index in [1.54, 1.807) is 0 Å². The number of fused-ring (bicyclic) bond motifs is 1. The van der Waals surface area contributed by atoms with E-state index in [0.717, 1.165) is 21.2 Å². The average Bonchev–Trinajstić information content (AvgIpc) is 2.81. The fraction of sp³-hybridized carbons (Fsp3) is 0.143. The predicted octanol–water partition coefficient (Wildman–Crippen LogP) is 3.09. The van der Waals surface area contributed by atoms with Gasteiger partial charge in [-0.1, -0.05) is 6.07 Å². The van der Waals surface area contributed by atoms with Crippen LogP contribution >= 0.6 is 11.8 Å². The van der Waals surface area contributed by atoms with E-state index in [-0.39, 0.29) is 0 Å². The summed E-state index contributed by atoms with van der Waals surface area (Å²) < 4.78 is 5.39. The molecule has 6 heteroatoms. The average molecular weight is 286 g/mol. The molecule has 2 heterocycles. The molecule has 3 aromatic rings. The van der Waals surface area contributed by atoms with Crippen LogP contribution in [0.4, 0.5) is 5.69 Å². The largest absolute Gasteiger partial charge is 0.478 e. The van der Waals surface area contributed by atoms with Crippen molar-refractivity contribution in [3.63, 3.8) is 0 Å². The first-order chi connectivity index (χ1) is 9.74. The zero-order chi connectivity index (χ0) is 13.9. The fourth-order valence-electron chi connectivity index (χ4n) is 1.83. The second-order valence-corrected chi connectivity index (χ2v) is 5.18. The number of aromatic amines is 1. The van der Waals surface area contributed by atoms with Gasteiger partial charge in [-0.15, -0.1) is 0 Å². The molecule has 0 aliphatic carbocycles. The molecule has 0 atom stereocenters. The number of rotatable bonds is 4. The molecule has 0 bridgehead atoms. The van der Waals surface area contributed by atoms with Crippen LogP contribution in [0.2, 0.25) is 0 Å². The number of aromatic nitrogens is 3. The first-order valence-electron chi connectivity index (χ1n) is 6.27. The van der Waals surface area contributed by atoms with E-state index >= 15 is 0 Å². The molecule has 0 spiro atoms. The smallest absolute Gasteiger partial charge is 0.214 e. The molecular formula is C14H14N4OS. The van der Waals surface area contributed by atoms with Crippen LogP contribution in [0.5, 0.6) is 5.88 Å². The van der Waals surface area contributed by atoms with E-state index in [4.69, 9.17) is 10.5 Å². The van der Waals surface area contributed by atoms with E-state index < -0.39 is 0 Å². The van der Waals surface area contributed by atoms with Crippen molar-refractivity contribution < 1.29 is 4.74 Å². The van der Waals surface area contributed by atoms with Crippen molar-refractivity contribution in [2.24, 2.45) is 0 Å². The Hall–Kier alpha value is -2.21. The maximum absolute atomic E-state index is 5.76. The summed E-state index contributed by atoms with van der Waals surface area (Å²) in [5.41, 5.74) is 8.29. The Balaban J connectivity index is 1.87. The summed E-state index contributed by atoms with van der Waals surface area (Å²) in [6, 6.07) is 11.3. The number of nitrogen functional groups attached to an aromatic ring is 1. The van der Waals surface area contributed by atoms with E-state index in [0.29, 0.717) is 18.2 Å². The van der Waals surface area contributed by atoms with Crippen molar-refractivity contribution in [2.45, 2.75) is 17.1 Å². The Kier molecular flexibility index (Phi) is 3.47. The van der Waals surface area contributed by atoms with Gasteiger partial charge < -0.3 is 15.5 Å². The van der Waals surface area contributed by atoms with Gasteiger partial charge in [-0.2, -0.15) is 0 Å². The topological polar surface area (TPSA) is 76.8 Å². The van der Waals surface area contributed by atoms with Gasteiger partial charge in [0.1, 0.15) is 5.03 Å². The molecule has 5 nitrogen and oxygen atoms in total. The van der Waals surface area contributed by atoms with Gasteiger partial charge >= 0.3 is 0 Å². The maximum Gasteiger partial charge on any atom is 0.214 e. The molecule has 3 N–H and O–H groups in total. The third-order valence-electron chi connectivity index (χ3n) is 2.68. The quantitative estimate of drug-likeness (QED) is 0.721. The van der Waals surface area contributed by atoms with Crippen LogP contribution in [-0.2, 0) is 0 Å². The van der Waals surface area contributed by atoms with E-state index in [9.17, 15) is 0 Å². The Morgan fingerprint density at radius 2 is 2.15 bits per heavy atom. The normalized spacial score (nSPS) is 10.8. The van der Waals surface area contributed by atoms with Crippen LogP contribution in [0.25, 0.3) is 11.0 Å². The van der Waals surface area contributed by atoms with Crippen molar-refractivity contribution in [3.8, 4) is 5.88 Å². The van der Waals surface area contributed by atoms with Crippen LogP contribution in [-0.4, -0.2) is 21.6 Å². The molecule has 0 saturated heterocycles. The van der Waals surface area contributed by atoms with Crippen LogP contribution in [0.15, 0.2) is 46.6 Å². The van der Waals surface area contributed by atoms with Crippen LogP contribution in [0.3, 0.4) is 0 Å². The van der Waals surface area contributed by atoms with Gasteiger partial charge in [0.15, 0.2) is 5.16 Å². The number of hydrogen-bond acceptors (Lipinski definition) is 5. The zero-order valence-electron chi connectivity index (χ0n) is 11.0. The summed E-state index contributed by atoms with van der Waals surface area (Å²) >= 11 is 1.46. The monoisotopic (exact) mass is 286 g/mol. The van der Waals surface area contributed by atoms with Crippen LogP contribution < -0.4 is 10.5 Å². The zero-order valence-corrected chi connectivity index (χ0v) is 11.8. The molecule has 0 amide bonds. The highest BCUT2D eigenvalue weighted by atomic mass is 32.2.